The van der Waals surface area contributed by atoms with E-state index in [1.807, 2.05) is 32.0 Å². The number of carbonyl (C=O) groups excluding carboxylic acids is 2. The van der Waals surface area contributed by atoms with Crippen molar-refractivity contribution in [2.45, 2.75) is 65.0 Å². The van der Waals surface area contributed by atoms with Gasteiger partial charge in [0.2, 0.25) is 0 Å². The molecule has 0 heterocycles. The summed E-state index contributed by atoms with van der Waals surface area (Å²) in [6.45, 7) is 6.14. The molecule has 4 nitrogen and oxygen atoms in total. The van der Waals surface area contributed by atoms with Crippen molar-refractivity contribution in [2.24, 2.45) is 0 Å². The van der Waals surface area contributed by atoms with E-state index in [-0.39, 0.29) is 18.2 Å². The first kappa shape index (κ1) is 17.7. The van der Waals surface area contributed by atoms with Gasteiger partial charge in [-0.25, -0.2) is 0 Å². The van der Waals surface area contributed by atoms with Crippen molar-refractivity contribution in [2.75, 3.05) is 6.61 Å². The second kappa shape index (κ2) is 8.25. The third-order valence-corrected chi connectivity index (χ3v) is 4.58. The number of aryl methyl sites for hydroxylation is 2. The zero-order valence-electron chi connectivity index (χ0n) is 14.4. The molecule has 1 atom stereocenters. The van der Waals surface area contributed by atoms with Crippen LogP contribution in [-0.4, -0.2) is 30.4 Å². The van der Waals surface area contributed by atoms with Gasteiger partial charge >= 0.3 is 5.97 Å². The lowest BCUT2D eigenvalue weighted by Crippen LogP contribution is -2.44. The monoisotopic (exact) mass is 317 g/mol. The molecule has 1 aromatic rings. The first-order valence-corrected chi connectivity index (χ1v) is 8.54. The molecule has 1 saturated carbocycles. The minimum absolute atomic E-state index is 0.0203. The molecule has 1 unspecified atom stereocenters. The van der Waals surface area contributed by atoms with Crippen LogP contribution in [0.3, 0.4) is 0 Å². The van der Waals surface area contributed by atoms with Crippen LogP contribution >= 0.6 is 0 Å². The number of rotatable bonds is 7. The van der Waals surface area contributed by atoms with Gasteiger partial charge in [0.1, 0.15) is 0 Å². The molecule has 0 amide bonds. The number of benzene rings is 1. The van der Waals surface area contributed by atoms with E-state index in [1.54, 1.807) is 6.92 Å². The average molecular weight is 317 g/mol. The molecule has 4 heteroatoms. The molecule has 0 spiro atoms. The number of ether oxygens (including phenoxy) is 1. The zero-order valence-corrected chi connectivity index (χ0v) is 14.4. The van der Waals surface area contributed by atoms with Crippen molar-refractivity contribution in [3.63, 3.8) is 0 Å². The van der Waals surface area contributed by atoms with Gasteiger partial charge in [-0.3, -0.25) is 9.59 Å². The third kappa shape index (κ3) is 4.90. The Hall–Kier alpha value is -1.68. The van der Waals surface area contributed by atoms with Crippen LogP contribution in [0.1, 0.15) is 60.5 Å². The molecule has 1 aliphatic carbocycles. The predicted octanol–water partition coefficient (Wildman–Crippen LogP) is 3.34. The van der Waals surface area contributed by atoms with E-state index in [4.69, 9.17) is 4.74 Å². The Morgan fingerprint density at radius 2 is 1.91 bits per heavy atom. The third-order valence-electron chi connectivity index (χ3n) is 4.58. The fraction of sp³-hybridized carbons (Fsp3) is 0.579. The summed E-state index contributed by atoms with van der Waals surface area (Å²) in [5.74, 6) is -0.340. The van der Waals surface area contributed by atoms with E-state index in [1.165, 1.54) is 12.8 Å². The van der Waals surface area contributed by atoms with Crippen molar-refractivity contribution in [3.8, 4) is 0 Å². The van der Waals surface area contributed by atoms with Crippen LogP contribution in [0.5, 0.6) is 0 Å². The molecule has 0 aromatic heterocycles. The van der Waals surface area contributed by atoms with Gasteiger partial charge in [0.05, 0.1) is 19.1 Å². The standard InChI is InChI=1S/C19H27NO3/c1-4-23-18(21)12-17(20-16-7-5-6-8-16)19(22)15-10-9-13(2)14(3)11-15/h9-11,16-17,20H,4-8,12H2,1-3H3. The Kier molecular flexibility index (Phi) is 6.34. The molecular weight excluding hydrogens is 290 g/mol. The molecule has 23 heavy (non-hydrogen) atoms. The molecule has 0 bridgehead atoms. The molecule has 1 N–H and O–H groups in total. The number of hydrogen-bond donors (Lipinski definition) is 1. The van der Waals surface area contributed by atoms with Crippen LogP contribution in [0, 0.1) is 13.8 Å². The Balaban J connectivity index is 2.14. The number of carbonyl (C=O) groups is 2. The zero-order chi connectivity index (χ0) is 16.8. The summed E-state index contributed by atoms with van der Waals surface area (Å²) in [6, 6.07) is 5.54. The van der Waals surface area contributed by atoms with E-state index >= 15 is 0 Å². The molecule has 0 radical (unpaired) electrons. The number of hydrogen-bond acceptors (Lipinski definition) is 4. The van der Waals surface area contributed by atoms with Crippen molar-refractivity contribution in [1.82, 2.24) is 5.32 Å². The van der Waals surface area contributed by atoms with Gasteiger partial charge in [-0.05, 0) is 50.8 Å². The fourth-order valence-electron chi connectivity index (χ4n) is 3.09. The van der Waals surface area contributed by atoms with Gasteiger partial charge in [-0.1, -0.05) is 25.0 Å². The lowest BCUT2D eigenvalue weighted by atomic mass is 9.97. The van der Waals surface area contributed by atoms with Gasteiger partial charge in [-0.15, -0.1) is 0 Å². The lowest BCUT2D eigenvalue weighted by molar-refractivity contribution is -0.143. The number of ketones is 1. The van der Waals surface area contributed by atoms with Gasteiger partial charge in [0, 0.05) is 11.6 Å². The average Bonchev–Trinajstić information content (AvgIpc) is 3.02. The Bertz CT molecular complexity index is 562. The van der Waals surface area contributed by atoms with Gasteiger partial charge < -0.3 is 10.1 Å². The highest BCUT2D eigenvalue weighted by molar-refractivity contribution is 6.02. The summed E-state index contributed by atoms with van der Waals surface area (Å²) >= 11 is 0. The van der Waals surface area contributed by atoms with E-state index in [0.29, 0.717) is 18.2 Å². The fourth-order valence-corrected chi connectivity index (χ4v) is 3.09. The quantitative estimate of drug-likeness (QED) is 0.619. The summed E-state index contributed by atoms with van der Waals surface area (Å²) in [5.41, 5.74) is 2.91. The van der Waals surface area contributed by atoms with Crippen LogP contribution in [0.25, 0.3) is 0 Å². The molecule has 0 aliphatic heterocycles. The molecule has 1 aliphatic rings. The van der Waals surface area contributed by atoms with Crippen LogP contribution in [0.4, 0.5) is 0 Å². The molecule has 126 valence electrons. The minimum atomic E-state index is -0.501. The maximum absolute atomic E-state index is 12.9. The molecule has 1 aromatic carbocycles. The SMILES string of the molecule is CCOC(=O)CC(NC1CCCC1)C(=O)c1ccc(C)c(C)c1. The molecule has 0 saturated heterocycles. The second-order valence-electron chi connectivity index (χ2n) is 6.37. The van der Waals surface area contributed by atoms with Crippen LogP contribution in [-0.2, 0) is 9.53 Å². The van der Waals surface area contributed by atoms with Crippen molar-refractivity contribution in [3.05, 3.63) is 34.9 Å². The van der Waals surface area contributed by atoms with Crippen LogP contribution < -0.4 is 5.32 Å². The van der Waals surface area contributed by atoms with Crippen LogP contribution in [0.2, 0.25) is 0 Å². The van der Waals surface area contributed by atoms with Crippen molar-refractivity contribution >= 4 is 11.8 Å². The summed E-state index contributed by atoms with van der Waals surface area (Å²) in [4.78, 5) is 24.7. The Morgan fingerprint density at radius 3 is 2.52 bits per heavy atom. The second-order valence-corrected chi connectivity index (χ2v) is 6.37. The largest absolute Gasteiger partial charge is 0.466 e. The van der Waals surface area contributed by atoms with Gasteiger partial charge in [0.15, 0.2) is 5.78 Å². The summed E-state index contributed by atoms with van der Waals surface area (Å²) in [7, 11) is 0. The Labute approximate surface area is 138 Å². The number of nitrogens with one attached hydrogen (secondary N) is 1. The van der Waals surface area contributed by atoms with E-state index in [2.05, 4.69) is 5.32 Å². The first-order valence-electron chi connectivity index (χ1n) is 8.54. The summed E-state index contributed by atoms with van der Waals surface area (Å²) in [6.07, 6.45) is 4.60. The summed E-state index contributed by atoms with van der Waals surface area (Å²) < 4.78 is 5.03. The summed E-state index contributed by atoms with van der Waals surface area (Å²) in [5, 5.41) is 3.39. The van der Waals surface area contributed by atoms with E-state index < -0.39 is 6.04 Å². The lowest BCUT2D eigenvalue weighted by Gasteiger charge is -2.21. The number of esters is 1. The number of Topliss-reactive ketones (excluding diaryl/α,β-unsaturated/α-hetero) is 1. The maximum Gasteiger partial charge on any atom is 0.307 e. The van der Waals surface area contributed by atoms with Crippen molar-refractivity contribution < 1.29 is 14.3 Å². The first-order chi connectivity index (χ1) is 11.0. The van der Waals surface area contributed by atoms with Crippen molar-refractivity contribution in [1.29, 1.82) is 0 Å². The smallest absolute Gasteiger partial charge is 0.307 e. The highest BCUT2D eigenvalue weighted by atomic mass is 16.5. The highest BCUT2D eigenvalue weighted by Crippen LogP contribution is 2.20. The molecule has 2 rings (SSSR count). The van der Waals surface area contributed by atoms with Crippen LogP contribution in [0.15, 0.2) is 18.2 Å². The van der Waals surface area contributed by atoms with E-state index in [0.717, 1.165) is 24.0 Å². The van der Waals surface area contributed by atoms with Gasteiger partial charge in [-0.2, -0.15) is 0 Å². The van der Waals surface area contributed by atoms with Gasteiger partial charge in [0.25, 0.3) is 0 Å². The molecular formula is C19H27NO3. The maximum atomic E-state index is 12.9. The minimum Gasteiger partial charge on any atom is -0.466 e. The Morgan fingerprint density at radius 1 is 1.22 bits per heavy atom. The highest BCUT2D eigenvalue weighted by Gasteiger charge is 2.27. The predicted molar refractivity (Wildman–Crippen MR) is 90.7 cm³/mol. The molecule has 1 fully saturated rings. The normalized spacial score (nSPS) is 16.3. The topological polar surface area (TPSA) is 55.4 Å². The van der Waals surface area contributed by atoms with E-state index in [9.17, 15) is 9.59 Å².